The van der Waals surface area contributed by atoms with Gasteiger partial charge >= 0.3 is 0 Å². The molecule has 2 aliphatic carbocycles. The lowest BCUT2D eigenvalue weighted by atomic mass is 9.60. The second kappa shape index (κ2) is 10.8. The Morgan fingerprint density at radius 3 is 2.57 bits per heavy atom. The van der Waals surface area contributed by atoms with Gasteiger partial charge in [0.1, 0.15) is 17.5 Å². The zero-order valence-corrected chi connectivity index (χ0v) is 20.7. The maximum Gasteiger partial charge on any atom is 0.239 e. The Hall–Kier alpha value is -1.58. The lowest BCUT2D eigenvalue weighted by Gasteiger charge is -2.53. The lowest BCUT2D eigenvalue weighted by molar-refractivity contribution is -0.241. The van der Waals surface area contributed by atoms with E-state index in [-0.39, 0.29) is 23.7 Å². The number of hydrogen-bond acceptors (Lipinski definition) is 6. The van der Waals surface area contributed by atoms with Crippen molar-refractivity contribution in [1.29, 1.82) is 0 Å². The number of nitrogens with zero attached hydrogens (tertiary/aromatic N) is 1. The zero-order valence-electron chi connectivity index (χ0n) is 20.7. The maximum atomic E-state index is 13.5. The smallest absolute Gasteiger partial charge is 0.239 e. The quantitative estimate of drug-likeness (QED) is 0.492. The minimum absolute atomic E-state index is 0.0374. The van der Waals surface area contributed by atoms with Crippen molar-refractivity contribution in [3.63, 3.8) is 0 Å². The maximum absolute atomic E-state index is 13.5. The number of hydroxylamine groups is 1. The molecule has 2 saturated heterocycles. The molecule has 7 nitrogen and oxygen atoms in total. The largest absolute Gasteiger partial charge is 0.387 e. The molecule has 0 radical (unpaired) electrons. The van der Waals surface area contributed by atoms with Crippen molar-refractivity contribution in [2.75, 3.05) is 13.1 Å². The standard InChI is InChI=1S/C27H41FN4O3/c28-22-12-7-9-20(15-22)18-32-19-23(17-29-32)30-25(33)24-16-27(35-31-24,26(34)13-8-14-26)21-10-5-3-1-2-4-6-11-21/h7,9,12,15,21,23-24,29,31,34H,1-6,8,10-11,13-14,16-19H2,(H,30,33). The van der Waals surface area contributed by atoms with E-state index < -0.39 is 17.2 Å². The van der Waals surface area contributed by atoms with Crippen LogP contribution in [-0.2, 0) is 16.2 Å². The molecule has 0 bridgehead atoms. The normalized spacial score (nSPS) is 32.4. The monoisotopic (exact) mass is 488 g/mol. The van der Waals surface area contributed by atoms with Gasteiger partial charge in [0, 0.05) is 26.1 Å². The van der Waals surface area contributed by atoms with Crippen LogP contribution >= 0.6 is 0 Å². The number of nitrogens with one attached hydrogen (secondary N) is 3. The highest BCUT2D eigenvalue weighted by molar-refractivity contribution is 5.82. The van der Waals surface area contributed by atoms with Gasteiger partial charge < -0.3 is 10.4 Å². The van der Waals surface area contributed by atoms with Crippen LogP contribution in [0.4, 0.5) is 4.39 Å². The van der Waals surface area contributed by atoms with E-state index in [1.807, 2.05) is 11.1 Å². The molecule has 2 heterocycles. The van der Waals surface area contributed by atoms with Crippen molar-refractivity contribution in [2.45, 2.75) is 107 Å². The number of hydrogen-bond donors (Lipinski definition) is 4. The predicted octanol–water partition coefficient (Wildman–Crippen LogP) is 3.33. The van der Waals surface area contributed by atoms with E-state index in [9.17, 15) is 14.3 Å². The third-order valence-electron chi connectivity index (χ3n) is 8.80. The minimum Gasteiger partial charge on any atom is -0.387 e. The Labute approximate surface area is 208 Å². The molecule has 1 amide bonds. The van der Waals surface area contributed by atoms with E-state index in [0.29, 0.717) is 26.1 Å². The summed E-state index contributed by atoms with van der Waals surface area (Å²) in [4.78, 5) is 19.6. The molecule has 0 aromatic heterocycles. The van der Waals surface area contributed by atoms with Gasteiger partial charge in [-0.05, 0) is 55.7 Å². The van der Waals surface area contributed by atoms with Crippen molar-refractivity contribution < 1.29 is 19.1 Å². The van der Waals surface area contributed by atoms with Gasteiger partial charge in [-0.15, -0.1) is 0 Å². The van der Waals surface area contributed by atoms with Crippen LogP contribution in [0, 0.1) is 11.7 Å². The third kappa shape index (κ3) is 5.42. The molecule has 2 saturated carbocycles. The number of halogens is 1. The lowest BCUT2D eigenvalue weighted by Crippen LogP contribution is -2.62. The van der Waals surface area contributed by atoms with E-state index in [2.05, 4.69) is 16.2 Å². The molecular formula is C27H41FN4O3. The van der Waals surface area contributed by atoms with Crippen molar-refractivity contribution in [2.24, 2.45) is 5.92 Å². The van der Waals surface area contributed by atoms with E-state index in [4.69, 9.17) is 4.84 Å². The Kier molecular flexibility index (Phi) is 7.75. The molecule has 4 N–H and O–H groups in total. The van der Waals surface area contributed by atoms with Crippen molar-refractivity contribution >= 4 is 5.91 Å². The number of hydrazine groups is 1. The predicted molar refractivity (Wildman–Crippen MR) is 131 cm³/mol. The first-order valence-corrected chi connectivity index (χ1v) is 13.7. The summed E-state index contributed by atoms with van der Waals surface area (Å²) in [6.45, 7) is 1.85. The first kappa shape index (κ1) is 25.1. The molecule has 1 aromatic rings. The SMILES string of the molecule is O=C(NC1CNN(Cc2cccc(F)c2)C1)C1CC(C2CCCCCCCC2)(C2(O)CCC2)ON1. The van der Waals surface area contributed by atoms with Crippen molar-refractivity contribution in [3.8, 4) is 0 Å². The van der Waals surface area contributed by atoms with Crippen LogP contribution in [0.2, 0.25) is 0 Å². The van der Waals surface area contributed by atoms with Gasteiger partial charge in [0.25, 0.3) is 0 Å². The number of carbonyl (C=O) groups is 1. The fourth-order valence-corrected chi connectivity index (χ4v) is 6.67. The highest BCUT2D eigenvalue weighted by Crippen LogP contribution is 2.53. The van der Waals surface area contributed by atoms with Gasteiger partial charge in [-0.3, -0.25) is 15.1 Å². The second-order valence-electron chi connectivity index (χ2n) is 11.2. The Bertz CT molecular complexity index is 872. The highest BCUT2D eigenvalue weighted by Gasteiger charge is 2.62. The molecule has 3 unspecified atom stereocenters. The van der Waals surface area contributed by atoms with Crippen molar-refractivity contribution in [1.82, 2.24) is 21.2 Å². The van der Waals surface area contributed by atoms with Crippen LogP contribution in [0.5, 0.6) is 0 Å². The van der Waals surface area contributed by atoms with Gasteiger partial charge in [0.2, 0.25) is 5.91 Å². The third-order valence-corrected chi connectivity index (χ3v) is 8.80. The van der Waals surface area contributed by atoms with Crippen LogP contribution in [0.25, 0.3) is 0 Å². The first-order valence-electron chi connectivity index (χ1n) is 13.7. The summed E-state index contributed by atoms with van der Waals surface area (Å²) >= 11 is 0. The highest BCUT2D eigenvalue weighted by atomic mass is 19.1. The average molecular weight is 489 g/mol. The summed E-state index contributed by atoms with van der Waals surface area (Å²) < 4.78 is 13.5. The molecular weight excluding hydrogens is 447 g/mol. The molecule has 1 aromatic carbocycles. The van der Waals surface area contributed by atoms with Crippen LogP contribution in [0.1, 0.15) is 82.6 Å². The Morgan fingerprint density at radius 2 is 1.89 bits per heavy atom. The summed E-state index contributed by atoms with van der Waals surface area (Å²) in [5, 5.41) is 16.8. The molecule has 35 heavy (non-hydrogen) atoms. The molecule has 2 aliphatic heterocycles. The van der Waals surface area contributed by atoms with E-state index in [1.54, 1.807) is 6.07 Å². The second-order valence-corrected chi connectivity index (χ2v) is 11.2. The molecule has 4 fully saturated rings. The summed E-state index contributed by atoms with van der Waals surface area (Å²) in [7, 11) is 0. The van der Waals surface area contributed by atoms with Crippen LogP contribution in [-0.4, -0.2) is 52.4 Å². The number of carbonyl (C=O) groups excluding carboxylic acids is 1. The van der Waals surface area contributed by atoms with Gasteiger partial charge in [-0.1, -0.05) is 50.7 Å². The summed E-state index contributed by atoms with van der Waals surface area (Å²) in [6.07, 6.45) is 12.5. The summed E-state index contributed by atoms with van der Waals surface area (Å²) in [6, 6.07) is 6.09. The summed E-state index contributed by atoms with van der Waals surface area (Å²) in [5.41, 5.74) is 5.72. The van der Waals surface area contributed by atoms with Gasteiger partial charge in [0.15, 0.2) is 0 Å². The van der Waals surface area contributed by atoms with Gasteiger partial charge in [-0.25, -0.2) is 9.40 Å². The molecule has 4 aliphatic rings. The Morgan fingerprint density at radius 1 is 1.14 bits per heavy atom. The van der Waals surface area contributed by atoms with Gasteiger partial charge in [0.05, 0.1) is 11.6 Å². The molecule has 194 valence electrons. The average Bonchev–Trinajstić information content (AvgIpc) is 3.47. The van der Waals surface area contributed by atoms with Crippen LogP contribution < -0.4 is 16.2 Å². The van der Waals surface area contributed by atoms with Crippen LogP contribution in [0.3, 0.4) is 0 Å². The number of amides is 1. The molecule has 5 rings (SSSR count). The molecule has 3 atom stereocenters. The van der Waals surface area contributed by atoms with E-state index in [1.165, 1.54) is 37.8 Å². The van der Waals surface area contributed by atoms with E-state index in [0.717, 1.165) is 50.5 Å². The van der Waals surface area contributed by atoms with Crippen LogP contribution in [0.15, 0.2) is 24.3 Å². The molecule has 0 spiro atoms. The van der Waals surface area contributed by atoms with Crippen molar-refractivity contribution in [3.05, 3.63) is 35.6 Å². The first-order chi connectivity index (χ1) is 17.0. The number of rotatable bonds is 6. The molecule has 8 heteroatoms. The number of aliphatic hydroxyl groups is 1. The van der Waals surface area contributed by atoms with Gasteiger partial charge in [-0.2, -0.15) is 5.48 Å². The zero-order chi connectivity index (χ0) is 24.3. The minimum atomic E-state index is -0.843. The fraction of sp³-hybridized carbons (Fsp3) is 0.741. The number of benzene rings is 1. The Balaban J connectivity index is 1.20. The fourth-order valence-electron chi connectivity index (χ4n) is 6.67. The topological polar surface area (TPSA) is 85.9 Å². The summed E-state index contributed by atoms with van der Waals surface area (Å²) in [5.74, 6) is -0.0428. The van der Waals surface area contributed by atoms with E-state index >= 15 is 0 Å².